The number of aliphatic carboxylic acids is 4. The molecule has 0 fully saturated rings. The van der Waals surface area contributed by atoms with Crippen LogP contribution in [0.1, 0.15) is 74.1 Å². The van der Waals surface area contributed by atoms with E-state index in [1.54, 1.807) is 12.1 Å². The predicted octanol–water partition coefficient (Wildman–Crippen LogP) is 6.83. The molecule has 368 valence electrons. The van der Waals surface area contributed by atoms with E-state index < -0.39 is 23.9 Å². The molecule has 0 aliphatic carbocycles. The van der Waals surface area contributed by atoms with Gasteiger partial charge in [0, 0.05) is 117 Å². The van der Waals surface area contributed by atoms with E-state index in [4.69, 9.17) is 18.9 Å². The average molecular weight is 973 g/mol. The van der Waals surface area contributed by atoms with Crippen molar-refractivity contribution in [1.29, 1.82) is 0 Å². The molecular formula is C56H52N4O12. The topological polar surface area (TPSA) is 228 Å². The molecule has 8 aromatic rings. The Morgan fingerprint density at radius 1 is 0.417 bits per heavy atom. The number of hydrogen-bond donors (Lipinski definition) is 6. The molecule has 0 atom stereocenters. The lowest BCUT2D eigenvalue weighted by Gasteiger charge is -2.16. The highest BCUT2D eigenvalue weighted by molar-refractivity contribution is 6.08. The Morgan fingerprint density at radius 2 is 0.819 bits per heavy atom. The van der Waals surface area contributed by atoms with E-state index in [2.05, 4.69) is 55.5 Å². The van der Waals surface area contributed by atoms with E-state index in [9.17, 15) is 39.6 Å². The molecule has 0 unspecified atom stereocenters. The van der Waals surface area contributed by atoms with Gasteiger partial charge in [-0.15, -0.1) is 0 Å². The zero-order valence-corrected chi connectivity index (χ0v) is 39.1. The maximum absolute atomic E-state index is 11.3. The molecule has 16 nitrogen and oxygen atoms in total. The molecule has 16 heteroatoms. The molecule has 0 saturated heterocycles. The molecular weight excluding hydrogens is 921 g/mol. The zero-order chi connectivity index (χ0) is 50.1. The van der Waals surface area contributed by atoms with Gasteiger partial charge in [0.05, 0.1) is 37.8 Å². The minimum absolute atomic E-state index is 0.0534. The van der Waals surface area contributed by atoms with Crippen molar-refractivity contribution in [2.24, 2.45) is 0 Å². The number of hydrogen-bond acceptors (Lipinski definition) is 8. The van der Waals surface area contributed by atoms with Crippen LogP contribution in [0.25, 0.3) is 57.2 Å². The summed E-state index contributed by atoms with van der Waals surface area (Å²) in [5, 5.41) is 44.4. The summed E-state index contributed by atoms with van der Waals surface area (Å²) in [5.41, 5.74) is 4.59. The summed E-state index contributed by atoms with van der Waals surface area (Å²) < 4.78 is 28.7. The van der Waals surface area contributed by atoms with E-state index in [0.29, 0.717) is 60.1 Å². The number of nitrogens with one attached hydrogen (secondary N) is 2. The van der Waals surface area contributed by atoms with Crippen LogP contribution < -0.4 is 40.3 Å². The third-order valence-corrected chi connectivity index (χ3v) is 12.0. The molecule has 72 heavy (non-hydrogen) atoms. The Hall–Kier alpha value is -8.92. The third-order valence-electron chi connectivity index (χ3n) is 12.0. The maximum atomic E-state index is 11.3. The number of aromatic amines is 2. The van der Waals surface area contributed by atoms with Gasteiger partial charge in [0.2, 0.25) is 0 Å². The largest absolute Gasteiger partial charge is 0.493 e. The second-order valence-corrected chi connectivity index (χ2v) is 17.4. The summed E-state index contributed by atoms with van der Waals surface area (Å²) in [6.45, 7) is 0.621. The second-order valence-electron chi connectivity index (χ2n) is 17.4. The van der Waals surface area contributed by atoms with Crippen LogP contribution in [0.15, 0.2) is 109 Å². The first kappa shape index (κ1) is 48.1. The van der Waals surface area contributed by atoms with Gasteiger partial charge in [-0.1, -0.05) is 36.4 Å². The number of H-pyrrole nitrogens is 2. The van der Waals surface area contributed by atoms with Crippen molar-refractivity contribution in [3.05, 3.63) is 153 Å². The van der Waals surface area contributed by atoms with Crippen LogP contribution in [0.2, 0.25) is 0 Å². The number of ether oxygens (including phenoxy) is 4. The summed E-state index contributed by atoms with van der Waals surface area (Å²) in [4.78, 5) is 52.6. The molecule has 9 rings (SSSR count). The van der Waals surface area contributed by atoms with Gasteiger partial charge in [-0.05, 0) is 97.2 Å². The lowest BCUT2D eigenvalue weighted by molar-refractivity contribution is -0.138. The fourth-order valence-corrected chi connectivity index (χ4v) is 8.84. The van der Waals surface area contributed by atoms with Crippen molar-refractivity contribution in [3.63, 3.8) is 0 Å². The summed E-state index contributed by atoms with van der Waals surface area (Å²) in [7, 11) is 0. The third kappa shape index (κ3) is 11.6. The Bertz CT molecular complexity index is 3520. The second kappa shape index (κ2) is 21.8. The van der Waals surface area contributed by atoms with Gasteiger partial charge >= 0.3 is 23.9 Å². The Kier molecular flexibility index (Phi) is 14.6. The lowest BCUT2D eigenvalue weighted by atomic mass is 10.0. The number of fused-ring (bicyclic) bond motifs is 13. The van der Waals surface area contributed by atoms with Crippen molar-refractivity contribution in [2.75, 3.05) is 26.4 Å². The fourth-order valence-electron chi connectivity index (χ4n) is 8.84. The van der Waals surface area contributed by atoms with Gasteiger partial charge in [0.15, 0.2) is 0 Å². The van der Waals surface area contributed by atoms with Crippen LogP contribution in [0.4, 0.5) is 0 Å². The molecule has 0 radical (unpaired) electrons. The number of aromatic nitrogens is 4. The molecule has 8 bridgehead atoms. The first-order chi connectivity index (χ1) is 34.9. The van der Waals surface area contributed by atoms with Gasteiger partial charge in [-0.3, -0.25) is 19.2 Å². The van der Waals surface area contributed by atoms with E-state index in [0.717, 1.165) is 65.7 Å². The average Bonchev–Trinajstić information content (AvgIpc) is 4.15. The Morgan fingerprint density at radius 3 is 1.25 bits per heavy atom. The molecule has 4 aromatic carbocycles. The zero-order valence-electron chi connectivity index (χ0n) is 39.1. The smallest absolute Gasteiger partial charge is 0.303 e. The number of carbonyl (C=O) groups is 4. The SMILES string of the molecule is O=C(O)CCCOc1cc(OCCCC(=O)O)cc(-n2c3ccc2C=c2[nH]c(c4c2ccc2ccccc24)=Cc2ccc(n2-c2cc(OCCCC(=O)O)cc(OCCCC(=O)O)c2)C=c2ccc([nH]2)=C3)c1. The number of carboxylic acids is 4. The highest BCUT2D eigenvalue weighted by Crippen LogP contribution is 2.32. The summed E-state index contributed by atoms with van der Waals surface area (Å²) in [6, 6.07) is 35.4. The van der Waals surface area contributed by atoms with Crippen molar-refractivity contribution in [3.8, 4) is 34.4 Å². The fraction of sp³-hybridized carbons (Fsp3) is 0.214. The van der Waals surface area contributed by atoms with Crippen molar-refractivity contribution in [2.45, 2.75) is 51.4 Å². The molecule has 4 aromatic heterocycles. The van der Waals surface area contributed by atoms with Crippen molar-refractivity contribution < 1.29 is 58.6 Å². The summed E-state index contributed by atoms with van der Waals surface area (Å²) in [6.07, 6.45) is 9.20. The normalized spacial score (nSPS) is 11.8. The molecule has 5 heterocycles. The Labute approximate surface area is 411 Å². The molecule has 1 aliphatic rings. The summed E-state index contributed by atoms with van der Waals surface area (Å²) in [5.74, 6) is -1.85. The molecule has 0 spiro atoms. The van der Waals surface area contributed by atoms with Crippen LogP contribution in [0, 0.1) is 0 Å². The van der Waals surface area contributed by atoms with Crippen LogP contribution in [0.3, 0.4) is 0 Å². The molecule has 1 aliphatic heterocycles. The predicted molar refractivity (Wildman–Crippen MR) is 270 cm³/mol. The first-order valence-electron chi connectivity index (χ1n) is 23.7. The van der Waals surface area contributed by atoms with E-state index in [1.165, 1.54) is 0 Å². The molecule has 0 saturated carbocycles. The quantitative estimate of drug-likeness (QED) is 0.0384. The van der Waals surface area contributed by atoms with Crippen LogP contribution in [0.5, 0.6) is 23.0 Å². The van der Waals surface area contributed by atoms with Crippen molar-refractivity contribution >= 4 is 69.7 Å². The van der Waals surface area contributed by atoms with E-state index in [1.807, 2.05) is 84.9 Å². The molecule has 0 amide bonds. The minimum Gasteiger partial charge on any atom is -0.493 e. The van der Waals surface area contributed by atoms with Gasteiger partial charge < -0.3 is 58.5 Å². The van der Waals surface area contributed by atoms with Gasteiger partial charge in [0.1, 0.15) is 23.0 Å². The molecule has 6 N–H and O–H groups in total. The highest BCUT2D eigenvalue weighted by Gasteiger charge is 2.17. The van der Waals surface area contributed by atoms with Crippen molar-refractivity contribution in [1.82, 2.24) is 19.1 Å². The van der Waals surface area contributed by atoms with E-state index in [-0.39, 0.29) is 52.1 Å². The van der Waals surface area contributed by atoms with E-state index >= 15 is 0 Å². The number of rotatable bonds is 22. The monoisotopic (exact) mass is 972 g/mol. The number of benzene rings is 4. The van der Waals surface area contributed by atoms with Gasteiger partial charge in [0.25, 0.3) is 0 Å². The first-order valence-corrected chi connectivity index (χ1v) is 23.7. The number of carboxylic acid groups (broad SMARTS) is 4. The minimum atomic E-state index is -0.919. The maximum Gasteiger partial charge on any atom is 0.303 e. The standard InChI is InChI=1S/C56H52N4O12/c61-52(62)9-3-21-69-44-27-42(28-45(33-44)70-22-4-10-53(63)64)59-38-16-18-40(59)31-50-49-20-13-35-7-1-2-8-48(35)56(49)51(58-50)32-41-19-17-39(26-37-15-14-36(25-38)57-37)60(41)43-29-46(71-23-5-11-54(65)66)34-47(30-43)72-24-6-12-55(67)68/h1-2,7-8,13-20,25-34,57-58H,3-6,9-12,21-24H2,(H,61,62)(H,63,64)(H,65,66)(H,67,68). The van der Waals surface area contributed by atoms with Crippen LogP contribution in [-0.4, -0.2) is 89.8 Å². The summed E-state index contributed by atoms with van der Waals surface area (Å²) >= 11 is 0. The Balaban J connectivity index is 1.24. The number of nitrogens with zero attached hydrogens (tertiary/aromatic N) is 2. The van der Waals surface area contributed by atoms with Gasteiger partial charge in [-0.2, -0.15) is 0 Å². The van der Waals surface area contributed by atoms with Crippen LogP contribution >= 0.6 is 0 Å². The lowest BCUT2D eigenvalue weighted by Crippen LogP contribution is -2.14. The van der Waals surface area contributed by atoms with Gasteiger partial charge in [-0.25, -0.2) is 0 Å². The highest BCUT2D eigenvalue weighted by atomic mass is 16.5. The van der Waals surface area contributed by atoms with Crippen LogP contribution in [-0.2, 0) is 19.2 Å².